The minimum absolute atomic E-state index is 0.0344. The first kappa shape index (κ1) is 14.7. The molecule has 5 aliphatic rings. The summed E-state index contributed by atoms with van der Waals surface area (Å²) in [4.78, 5) is 12.2. The topological polar surface area (TPSA) is 29.6 Å². The first-order chi connectivity index (χ1) is 11.0. The molecule has 2 nitrogen and oxygen atoms in total. The van der Waals surface area contributed by atoms with E-state index >= 15 is 0 Å². The highest BCUT2D eigenvalue weighted by molar-refractivity contribution is 5.87. The molecule has 0 radical (unpaired) electrons. The zero-order valence-electron chi connectivity index (χ0n) is 14.6. The smallest absolute Gasteiger partial charge is 0.164 e. The van der Waals surface area contributed by atoms with E-state index in [9.17, 15) is 4.79 Å². The zero-order valence-corrected chi connectivity index (χ0v) is 14.6. The van der Waals surface area contributed by atoms with E-state index < -0.39 is 0 Å². The predicted molar refractivity (Wildman–Crippen MR) is 89.8 cm³/mol. The Bertz CT molecular complexity index is 568. The number of ketones is 1. The Hall–Kier alpha value is -0.630. The normalized spacial score (nSPS) is 60.3. The van der Waals surface area contributed by atoms with Crippen molar-refractivity contribution in [2.24, 2.45) is 40.4 Å². The molecule has 0 aromatic heterocycles. The summed E-state index contributed by atoms with van der Waals surface area (Å²) in [6.45, 7) is 9.16. The van der Waals surface area contributed by atoms with Gasteiger partial charge in [0.2, 0.25) is 0 Å². The lowest BCUT2D eigenvalue weighted by molar-refractivity contribution is -0.133. The van der Waals surface area contributed by atoms with Gasteiger partial charge in [-0.05, 0) is 73.5 Å². The number of rotatable bonds is 1. The Morgan fingerprint density at radius 3 is 2.74 bits per heavy atom. The number of hydrogen-bond donors (Lipinski definition) is 0. The van der Waals surface area contributed by atoms with Crippen LogP contribution >= 0.6 is 0 Å². The van der Waals surface area contributed by atoms with E-state index in [-0.39, 0.29) is 17.6 Å². The molecule has 1 saturated heterocycles. The van der Waals surface area contributed by atoms with Gasteiger partial charge in [0.25, 0.3) is 0 Å². The van der Waals surface area contributed by atoms with E-state index in [0.29, 0.717) is 17.1 Å². The molecule has 4 saturated carbocycles. The fourth-order valence-electron chi connectivity index (χ4n) is 7.85. The number of carbonyl (C=O) groups is 1. The summed E-state index contributed by atoms with van der Waals surface area (Å²) in [5.41, 5.74) is 0.759. The first-order valence-corrected chi connectivity index (χ1v) is 9.81. The molecule has 9 atom stereocenters. The minimum Gasteiger partial charge on any atom is -0.361 e. The summed E-state index contributed by atoms with van der Waals surface area (Å²) in [6, 6.07) is 0. The van der Waals surface area contributed by atoms with E-state index in [0.717, 1.165) is 30.1 Å². The largest absolute Gasteiger partial charge is 0.361 e. The van der Waals surface area contributed by atoms with Crippen LogP contribution in [-0.4, -0.2) is 18.0 Å². The van der Waals surface area contributed by atoms with Crippen LogP contribution < -0.4 is 0 Å². The molecule has 0 amide bonds. The molecule has 0 aromatic rings. The molecule has 0 spiro atoms. The highest BCUT2D eigenvalue weighted by atomic mass is 16.6. The van der Waals surface area contributed by atoms with Gasteiger partial charge in [0.05, 0.1) is 6.10 Å². The van der Waals surface area contributed by atoms with Gasteiger partial charge < -0.3 is 4.74 Å². The second-order valence-corrected chi connectivity index (χ2v) is 9.63. The number of Topliss-reactive ketones (excluding diaryl/α,β-unsaturated/α-hetero) is 1. The minimum atomic E-state index is -0.0344. The van der Waals surface area contributed by atoms with E-state index in [1.54, 1.807) is 0 Å². The molecule has 0 N–H and O–H groups in total. The van der Waals surface area contributed by atoms with Crippen molar-refractivity contribution in [1.29, 1.82) is 0 Å². The first-order valence-electron chi connectivity index (χ1n) is 9.81. The van der Waals surface area contributed by atoms with Crippen molar-refractivity contribution in [3.05, 3.63) is 12.7 Å². The average molecular weight is 314 g/mol. The summed E-state index contributed by atoms with van der Waals surface area (Å²) in [6.07, 6.45) is 11.3. The van der Waals surface area contributed by atoms with Crippen LogP contribution in [0, 0.1) is 40.4 Å². The van der Waals surface area contributed by atoms with E-state index in [1.165, 1.54) is 38.5 Å². The summed E-state index contributed by atoms with van der Waals surface area (Å²) in [5, 5.41) is 0. The number of epoxide rings is 1. The third-order valence-corrected chi connectivity index (χ3v) is 9.19. The fraction of sp³-hybridized carbons (Fsp3) is 0.857. The average Bonchev–Trinajstić information content (AvgIpc) is 3.27. The van der Waals surface area contributed by atoms with Crippen LogP contribution in [0.1, 0.15) is 58.8 Å². The fourth-order valence-corrected chi connectivity index (χ4v) is 7.85. The Balaban J connectivity index is 1.49. The molecule has 4 aliphatic carbocycles. The highest BCUT2D eigenvalue weighted by Gasteiger charge is 2.69. The predicted octanol–water partition coefficient (Wildman–Crippen LogP) is 4.39. The van der Waals surface area contributed by atoms with Gasteiger partial charge in [-0.15, -0.1) is 6.58 Å². The lowest BCUT2D eigenvalue weighted by Gasteiger charge is -2.59. The Kier molecular flexibility index (Phi) is 2.88. The van der Waals surface area contributed by atoms with Gasteiger partial charge in [-0.3, -0.25) is 4.79 Å². The standard InChI is InChI=1S/C21H30O2/c1-4-12-6-8-15-14-7-5-13-11-17(22)18-19(23-18)21(13,3)16(14)9-10-20(12,15)2/h4,12-16,18-19H,1,5-11H2,2-3H3/t12-,13?,14?,15?,16?,18-,19-,20+,21-/m0/s1. The van der Waals surface area contributed by atoms with Gasteiger partial charge in [0.15, 0.2) is 5.78 Å². The van der Waals surface area contributed by atoms with Crippen molar-refractivity contribution in [3.8, 4) is 0 Å². The molecule has 2 heteroatoms. The van der Waals surface area contributed by atoms with Crippen molar-refractivity contribution in [3.63, 3.8) is 0 Å². The molecule has 0 aromatic carbocycles. The maximum atomic E-state index is 12.2. The van der Waals surface area contributed by atoms with Crippen molar-refractivity contribution in [1.82, 2.24) is 0 Å². The van der Waals surface area contributed by atoms with Gasteiger partial charge in [0, 0.05) is 11.8 Å². The van der Waals surface area contributed by atoms with Crippen LogP contribution in [0.15, 0.2) is 12.7 Å². The highest BCUT2D eigenvalue weighted by Crippen LogP contribution is 2.69. The number of carbonyl (C=O) groups excluding carboxylic acids is 1. The maximum absolute atomic E-state index is 12.2. The van der Waals surface area contributed by atoms with Crippen LogP contribution in [0.3, 0.4) is 0 Å². The van der Waals surface area contributed by atoms with Gasteiger partial charge in [0.1, 0.15) is 6.10 Å². The third-order valence-electron chi connectivity index (χ3n) is 9.19. The van der Waals surface area contributed by atoms with Gasteiger partial charge in [-0.25, -0.2) is 0 Å². The van der Waals surface area contributed by atoms with Crippen LogP contribution in [0.25, 0.3) is 0 Å². The van der Waals surface area contributed by atoms with Gasteiger partial charge in [-0.2, -0.15) is 0 Å². The van der Waals surface area contributed by atoms with E-state index in [1.807, 2.05) is 0 Å². The van der Waals surface area contributed by atoms with Gasteiger partial charge in [-0.1, -0.05) is 19.9 Å². The SMILES string of the molecule is C=C[C@H]1CCC2C3CCC4CC(=O)[C@@H]5O[C@@H]5[C@]4(C)C3CC[C@@]21C. The number of allylic oxidation sites excluding steroid dienone is 1. The lowest BCUT2D eigenvalue weighted by Crippen LogP contribution is -2.56. The summed E-state index contributed by atoms with van der Waals surface area (Å²) in [7, 11) is 0. The van der Waals surface area contributed by atoms with E-state index in [2.05, 4.69) is 26.5 Å². The monoisotopic (exact) mass is 314 g/mol. The molecule has 126 valence electrons. The third kappa shape index (κ3) is 1.67. The zero-order chi connectivity index (χ0) is 16.0. The number of hydrogen-bond acceptors (Lipinski definition) is 2. The van der Waals surface area contributed by atoms with Crippen molar-refractivity contribution < 1.29 is 9.53 Å². The molecule has 1 heterocycles. The molecule has 4 unspecified atom stereocenters. The Morgan fingerprint density at radius 1 is 1.13 bits per heavy atom. The summed E-state index contributed by atoms with van der Waals surface area (Å²) < 4.78 is 5.92. The van der Waals surface area contributed by atoms with Crippen LogP contribution in [0.4, 0.5) is 0 Å². The van der Waals surface area contributed by atoms with E-state index in [4.69, 9.17) is 4.74 Å². The van der Waals surface area contributed by atoms with Crippen molar-refractivity contribution >= 4 is 5.78 Å². The molecular weight excluding hydrogens is 284 g/mol. The second-order valence-electron chi connectivity index (χ2n) is 9.63. The lowest BCUT2D eigenvalue weighted by atomic mass is 9.44. The van der Waals surface area contributed by atoms with Crippen LogP contribution in [-0.2, 0) is 9.53 Å². The van der Waals surface area contributed by atoms with Crippen molar-refractivity contribution in [2.45, 2.75) is 71.0 Å². The second kappa shape index (κ2) is 4.50. The number of fused-ring (bicyclic) bond motifs is 7. The molecule has 23 heavy (non-hydrogen) atoms. The quantitative estimate of drug-likeness (QED) is 0.531. The maximum Gasteiger partial charge on any atom is 0.164 e. The molecule has 5 fully saturated rings. The molecule has 1 aliphatic heterocycles. The molecular formula is C21H30O2. The van der Waals surface area contributed by atoms with Crippen LogP contribution in [0.2, 0.25) is 0 Å². The summed E-state index contributed by atoms with van der Waals surface area (Å²) >= 11 is 0. The van der Waals surface area contributed by atoms with Crippen LogP contribution in [0.5, 0.6) is 0 Å². The Morgan fingerprint density at radius 2 is 1.96 bits per heavy atom. The Labute approximate surface area is 140 Å². The summed E-state index contributed by atoms with van der Waals surface area (Å²) in [5.74, 6) is 4.21. The molecule has 0 bridgehead atoms. The van der Waals surface area contributed by atoms with Crippen molar-refractivity contribution in [2.75, 3.05) is 0 Å². The van der Waals surface area contributed by atoms with Gasteiger partial charge >= 0.3 is 0 Å². The number of ether oxygens (including phenoxy) is 1. The molecule has 5 rings (SSSR count).